The third-order valence-corrected chi connectivity index (χ3v) is 4.48. The minimum atomic E-state index is -0.393. The van der Waals surface area contributed by atoms with E-state index in [1.54, 1.807) is 19.2 Å². The van der Waals surface area contributed by atoms with E-state index in [1.807, 2.05) is 6.07 Å². The third kappa shape index (κ3) is 5.81. The first-order valence-electron chi connectivity index (χ1n) is 8.66. The number of para-hydroxylation sites is 1. The number of rotatable bonds is 5. The molecule has 1 unspecified atom stereocenters. The Morgan fingerprint density at radius 3 is 2.56 bits per heavy atom. The van der Waals surface area contributed by atoms with Gasteiger partial charge in [0.05, 0.1) is 4.92 Å². The molecule has 0 aliphatic carbocycles. The van der Waals surface area contributed by atoms with E-state index >= 15 is 0 Å². The number of nitrogens with one attached hydrogen (secondary N) is 2. The number of hydrogen-bond donors (Lipinski definition) is 2. The molecule has 0 bridgehead atoms. The number of nitro groups is 1. The third-order valence-electron chi connectivity index (χ3n) is 4.48. The molecule has 0 radical (unpaired) electrons. The van der Waals surface area contributed by atoms with Gasteiger partial charge in [-0.25, -0.2) is 0 Å². The van der Waals surface area contributed by atoms with E-state index in [9.17, 15) is 10.1 Å². The van der Waals surface area contributed by atoms with Gasteiger partial charge in [0, 0.05) is 50.5 Å². The Kier molecular flexibility index (Phi) is 7.83. The fourth-order valence-electron chi connectivity index (χ4n) is 3.06. The van der Waals surface area contributed by atoms with Crippen LogP contribution in [0.25, 0.3) is 0 Å². The van der Waals surface area contributed by atoms with E-state index in [2.05, 4.69) is 44.8 Å². The number of non-ortho nitro benzene ring substituents is 1. The molecule has 0 aromatic heterocycles. The Hall–Kier alpha value is -2.36. The van der Waals surface area contributed by atoms with Crippen LogP contribution in [0.1, 0.15) is 12.0 Å². The maximum Gasteiger partial charge on any atom is 0.269 e. The van der Waals surface area contributed by atoms with Crippen molar-refractivity contribution in [1.82, 2.24) is 10.6 Å². The molecule has 1 fully saturated rings. The van der Waals surface area contributed by atoms with E-state index in [1.165, 1.54) is 17.8 Å². The second-order valence-corrected chi connectivity index (χ2v) is 6.26. The highest BCUT2D eigenvalue weighted by Gasteiger charge is 2.23. The van der Waals surface area contributed by atoms with Crippen LogP contribution in [-0.4, -0.2) is 37.1 Å². The van der Waals surface area contributed by atoms with Gasteiger partial charge in [-0.05, 0) is 24.1 Å². The summed E-state index contributed by atoms with van der Waals surface area (Å²) >= 11 is 0. The molecule has 1 heterocycles. The van der Waals surface area contributed by atoms with Crippen LogP contribution >= 0.6 is 24.0 Å². The molecule has 27 heavy (non-hydrogen) atoms. The van der Waals surface area contributed by atoms with Gasteiger partial charge >= 0.3 is 0 Å². The molecule has 1 saturated heterocycles. The summed E-state index contributed by atoms with van der Waals surface area (Å²) in [4.78, 5) is 17.0. The molecule has 1 aliphatic heterocycles. The Bertz CT molecular complexity index is 767. The molecular weight excluding hydrogens is 457 g/mol. The van der Waals surface area contributed by atoms with Gasteiger partial charge in [0.15, 0.2) is 5.96 Å². The van der Waals surface area contributed by atoms with Crippen molar-refractivity contribution < 1.29 is 4.92 Å². The second kappa shape index (κ2) is 10.1. The summed E-state index contributed by atoms with van der Waals surface area (Å²) in [7, 11) is 1.75. The maximum absolute atomic E-state index is 10.7. The largest absolute Gasteiger partial charge is 0.369 e. The zero-order valence-electron chi connectivity index (χ0n) is 15.2. The molecule has 2 aromatic rings. The molecule has 144 valence electrons. The number of nitrogens with zero attached hydrogens (tertiary/aromatic N) is 3. The van der Waals surface area contributed by atoms with Crippen molar-refractivity contribution in [2.45, 2.75) is 19.0 Å². The van der Waals surface area contributed by atoms with Gasteiger partial charge in [0.2, 0.25) is 0 Å². The predicted octanol–water partition coefficient (Wildman–Crippen LogP) is 3.16. The van der Waals surface area contributed by atoms with Gasteiger partial charge < -0.3 is 15.5 Å². The fourth-order valence-corrected chi connectivity index (χ4v) is 3.06. The number of benzene rings is 2. The van der Waals surface area contributed by atoms with Gasteiger partial charge in [-0.15, -0.1) is 24.0 Å². The van der Waals surface area contributed by atoms with Crippen LogP contribution in [0, 0.1) is 10.1 Å². The van der Waals surface area contributed by atoms with Crippen LogP contribution in [-0.2, 0) is 6.54 Å². The first kappa shape index (κ1) is 20.9. The van der Waals surface area contributed by atoms with Crippen molar-refractivity contribution in [2.24, 2.45) is 4.99 Å². The van der Waals surface area contributed by atoms with Crippen LogP contribution in [0.3, 0.4) is 0 Å². The minimum Gasteiger partial charge on any atom is -0.369 e. The minimum absolute atomic E-state index is 0. The summed E-state index contributed by atoms with van der Waals surface area (Å²) in [6.07, 6.45) is 1.05. The molecule has 2 aromatic carbocycles. The Morgan fingerprint density at radius 1 is 1.22 bits per heavy atom. The van der Waals surface area contributed by atoms with Crippen LogP contribution in [0.4, 0.5) is 11.4 Å². The van der Waals surface area contributed by atoms with Crippen molar-refractivity contribution in [2.75, 3.05) is 25.0 Å². The van der Waals surface area contributed by atoms with Crippen LogP contribution in [0.2, 0.25) is 0 Å². The van der Waals surface area contributed by atoms with E-state index in [0.29, 0.717) is 12.6 Å². The van der Waals surface area contributed by atoms with E-state index < -0.39 is 4.92 Å². The summed E-state index contributed by atoms with van der Waals surface area (Å²) in [6, 6.07) is 17.3. The lowest BCUT2D eigenvalue weighted by Crippen LogP contribution is -2.44. The highest BCUT2D eigenvalue weighted by molar-refractivity contribution is 14.0. The number of anilines is 1. The zero-order chi connectivity index (χ0) is 18.4. The van der Waals surface area contributed by atoms with Gasteiger partial charge in [-0.2, -0.15) is 0 Å². The highest BCUT2D eigenvalue weighted by Crippen LogP contribution is 2.19. The van der Waals surface area contributed by atoms with Crippen LogP contribution < -0.4 is 15.5 Å². The molecule has 8 heteroatoms. The molecule has 1 aliphatic rings. The van der Waals surface area contributed by atoms with Crippen molar-refractivity contribution in [1.29, 1.82) is 0 Å². The molecular formula is C19H24IN5O2. The van der Waals surface area contributed by atoms with Gasteiger partial charge in [0.25, 0.3) is 5.69 Å². The quantitative estimate of drug-likeness (QED) is 0.226. The summed E-state index contributed by atoms with van der Waals surface area (Å²) < 4.78 is 0. The normalized spacial score (nSPS) is 16.6. The number of aliphatic imine (C=N–C) groups is 1. The summed E-state index contributed by atoms with van der Waals surface area (Å²) in [5, 5.41) is 17.4. The Balaban J connectivity index is 0.00000261. The number of halogens is 1. The summed E-state index contributed by atoms with van der Waals surface area (Å²) in [5.41, 5.74) is 2.31. The lowest BCUT2D eigenvalue weighted by molar-refractivity contribution is -0.384. The number of guanidine groups is 1. The zero-order valence-corrected chi connectivity index (χ0v) is 17.5. The lowest BCUT2D eigenvalue weighted by Gasteiger charge is -2.20. The molecule has 0 spiro atoms. The lowest BCUT2D eigenvalue weighted by atomic mass is 10.2. The molecule has 2 N–H and O–H groups in total. The average molecular weight is 481 g/mol. The predicted molar refractivity (Wildman–Crippen MR) is 119 cm³/mol. The Morgan fingerprint density at radius 2 is 1.93 bits per heavy atom. The standard InChI is InChI=1S/C19H23N5O2.HI/c1-20-19(21-13-15-7-9-18(10-8-15)24(25)26)22-16-11-12-23(14-16)17-5-3-2-4-6-17;/h2-10,16H,11-14H2,1H3,(H2,20,21,22);1H. The van der Waals surface area contributed by atoms with Crippen molar-refractivity contribution in [3.8, 4) is 0 Å². The van der Waals surface area contributed by atoms with Gasteiger partial charge in [0.1, 0.15) is 0 Å². The first-order valence-corrected chi connectivity index (χ1v) is 8.66. The monoisotopic (exact) mass is 481 g/mol. The summed E-state index contributed by atoms with van der Waals surface area (Å²) in [6.45, 7) is 2.51. The van der Waals surface area contributed by atoms with Crippen LogP contribution in [0.5, 0.6) is 0 Å². The molecule has 7 nitrogen and oxygen atoms in total. The SMILES string of the molecule is CN=C(NCc1ccc([N+](=O)[O-])cc1)NC1CCN(c2ccccc2)C1.I. The Labute approximate surface area is 176 Å². The first-order chi connectivity index (χ1) is 12.7. The van der Waals surface area contributed by atoms with Crippen molar-refractivity contribution in [3.63, 3.8) is 0 Å². The van der Waals surface area contributed by atoms with Crippen molar-refractivity contribution in [3.05, 3.63) is 70.3 Å². The topological polar surface area (TPSA) is 82.8 Å². The van der Waals surface area contributed by atoms with E-state index in [0.717, 1.165) is 31.0 Å². The van der Waals surface area contributed by atoms with Gasteiger partial charge in [-0.1, -0.05) is 30.3 Å². The number of hydrogen-bond acceptors (Lipinski definition) is 4. The number of nitro benzene ring substituents is 1. The average Bonchev–Trinajstić information content (AvgIpc) is 3.14. The van der Waals surface area contributed by atoms with Crippen molar-refractivity contribution >= 4 is 41.3 Å². The smallest absolute Gasteiger partial charge is 0.269 e. The molecule has 3 rings (SSSR count). The molecule has 1 atom stereocenters. The summed E-state index contributed by atoms with van der Waals surface area (Å²) in [5.74, 6) is 0.739. The van der Waals surface area contributed by atoms with E-state index in [-0.39, 0.29) is 29.7 Å². The van der Waals surface area contributed by atoms with Crippen LogP contribution in [0.15, 0.2) is 59.6 Å². The maximum atomic E-state index is 10.7. The molecule has 0 amide bonds. The van der Waals surface area contributed by atoms with Gasteiger partial charge in [-0.3, -0.25) is 15.1 Å². The molecule has 0 saturated carbocycles. The van der Waals surface area contributed by atoms with E-state index in [4.69, 9.17) is 0 Å². The fraction of sp³-hybridized carbons (Fsp3) is 0.316. The second-order valence-electron chi connectivity index (χ2n) is 6.26. The highest BCUT2D eigenvalue weighted by atomic mass is 127.